The summed E-state index contributed by atoms with van der Waals surface area (Å²) < 4.78 is 5.28. The molecule has 20 heavy (non-hydrogen) atoms. The van der Waals surface area contributed by atoms with Crippen LogP contribution < -0.4 is 10.1 Å². The Morgan fingerprint density at radius 3 is 2.25 bits per heavy atom. The number of nitrogens with zero attached hydrogens (tertiary/aromatic N) is 2. The second-order valence-electron chi connectivity index (χ2n) is 4.18. The van der Waals surface area contributed by atoms with Crippen LogP contribution in [0.1, 0.15) is 16.7 Å². The first-order valence-electron chi connectivity index (χ1n) is 6.08. The molecule has 0 saturated carbocycles. The molecule has 2 aromatic rings. The molecular formula is C16H13N3O. The Balaban J connectivity index is 2.13. The molecular weight excluding hydrogens is 250 g/mol. The highest BCUT2D eigenvalue weighted by Crippen LogP contribution is 2.21. The number of rotatable bonds is 4. The number of methoxy groups -OCH3 is 1. The second kappa shape index (κ2) is 6.26. The molecule has 2 aromatic carbocycles. The number of hydrogen-bond acceptors (Lipinski definition) is 4. The summed E-state index contributed by atoms with van der Waals surface area (Å²) in [4.78, 5) is 0. The molecule has 0 aliphatic carbocycles. The summed E-state index contributed by atoms with van der Waals surface area (Å²) in [6.07, 6.45) is 0. The van der Waals surface area contributed by atoms with Crippen molar-refractivity contribution in [2.75, 3.05) is 12.4 Å². The van der Waals surface area contributed by atoms with Gasteiger partial charge in [-0.1, -0.05) is 0 Å². The number of nitriles is 2. The summed E-state index contributed by atoms with van der Waals surface area (Å²) in [7, 11) is 1.60. The van der Waals surface area contributed by atoms with E-state index in [0.717, 1.165) is 17.0 Å². The minimum absolute atomic E-state index is 0.546. The fraction of sp³-hybridized carbons (Fsp3) is 0.125. The fourth-order valence-corrected chi connectivity index (χ4v) is 1.85. The molecule has 2 rings (SSSR count). The number of benzene rings is 2. The third-order valence-corrected chi connectivity index (χ3v) is 2.91. The van der Waals surface area contributed by atoms with Crippen LogP contribution in [0.3, 0.4) is 0 Å². The van der Waals surface area contributed by atoms with E-state index in [4.69, 9.17) is 15.3 Å². The van der Waals surface area contributed by atoms with Gasteiger partial charge in [-0.3, -0.25) is 0 Å². The molecule has 0 amide bonds. The SMILES string of the molecule is COc1ccc(C#N)cc1CNc1ccc(C#N)cc1. The van der Waals surface area contributed by atoms with Gasteiger partial charge in [0, 0.05) is 17.8 Å². The van der Waals surface area contributed by atoms with Crippen molar-refractivity contribution in [1.82, 2.24) is 0 Å². The third-order valence-electron chi connectivity index (χ3n) is 2.91. The first kappa shape index (κ1) is 13.5. The summed E-state index contributed by atoms with van der Waals surface area (Å²) in [6, 6.07) is 16.7. The molecule has 0 aliphatic rings. The van der Waals surface area contributed by atoms with Gasteiger partial charge in [-0.2, -0.15) is 10.5 Å². The van der Waals surface area contributed by atoms with E-state index in [1.165, 1.54) is 0 Å². The van der Waals surface area contributed by atoms with Crippen LogP contribution in [-0.2, 0) is 6.54 Å². The lowest BCUT2D eigenvalue weighted by molar-refractivity contribution is 0.410. The van der Waals surface area contributed by atoms with E-state index < -0.39 is 0 Å². The van der Waals surface area contributed by atoms with Gasteiger partial charge in [-0.25, -0.2) is 0 Å². The maximum absolute atomic E-state index is 8.93. The molecule has 0 heterocycles. The molecule has 0 bridgehead atoms. The first-order chi connectivity index (χ1) is 9.76. The minimum Gasteiger partial charge on any atom is -0.496 e. The van der Waals surface area contributed by atoms with Gasteiger partial charge in [-0.05, 0) is 42.5 Å². The summed E-state index contributed by atoms with van der Waals surface area (Å²) in [6.45, 7) is 0.546. The highest BCUT2D eigenvalue weighted by Gasteiger charge is 2.04. The standard InChI is InChI=1S/C16H13N3O/c1-20-16-7-4-13(10-18)8-14(16)11-19-15-5-2-12(9-17)3-6-15/h2-8,19H,11H2,1H3. The van der Waals surface area contributed by atoms with Gasteiger partial charge in [-0.15, -0.1) is 0 Å². The lowest BCUT2D eigenvalue weighted by Crippen LogP contribution is -2.02. The van der Waals surface area contributed by atoms with Crippen LogP contribution in [0, 0.1) is 22.7 Å². The Bertz CT molecular complexity index is 678. The van der Waals surface area contributed by atoms with Gasteiger partial charge in [0.2, 0.25) is 0 Å². The Morgan fingerprint density at radius 1 is 1.00 bits per heavy atom. The van der Waals surface area contributed by atoms with Gasteiger partial charge in [0.1, 0.15) is 5.75 Å². The van der Waals surface area contributed by atoms with Crippen molar-refractivity contribution in [3.63, 3.8) is 0 Å². The average Bonchev–Trinajstić information content (AvgIpc) is 2.53. The van der Waals surface area contributed by atoms with Gasteiger partial charge < -0.3 is 10.1 Å². The number of ether oxygens (including phenoxy) is 1. The van der Waals surface area contributed by atoms with Crippen molar-refractivity contribution >= 4 is 5.69 Å². The van der Waals surface area contributed by atoms with Crippen molar-refractivity contribution in [3.8, 4) is 17.9 Å². The molecule has 0 aliphatic heterocycles. The molecule has 0 radical (unpaired) electrons. The van der Waals surface area contributed by atoms with E-state index in [1.807, 2.05) is 12.1 Å². The van der Waals surface area contributed by atoms with Crippen molar-refractivity contribution in [3.05, 3.63) is 59.2 Å². The van der Waals surface area contributed by atoms with Crippen LogP contribution in [0.4, 0.5) is 5.69 Å². The monoisotopic (exact) mass is 263 g/mol. The van der Waals surface area contributed by atoms with Crippen LogP contribution in [0.5, 0.6) is 5.75 Å². The second-order valence-corrected chi connectivity index (χ2v) is 4.18. The Hall–Kier alpha value is -2.98. The molecule has 4 nitrogen and oxygen atoms in total. The Kier molecular flexibility index (Phi) is 4.21. The van der Waals surface area contributed by atoms with E-state index in [9.17, 15) is 0 Å². The van der Waals surface area contributed by atoms with E-state index in [-0.39, 0.29) is 0 Å². The van der Waals surface area contributed by atoms with E-state index in [2.05, 4.69) is 17.5 Å². The van der Waals surface area contributed by atoms with Gasteiger partial charge >= 0.3 is 0 Å². The van der Waals surface area contributed by atoms with Crippen molar-refractivity contribution < 1.29 is 4.74 Å². The van der Waals surface area contributed by atoms with Gasteiger partial charge in [0.25, 0.3) is 0 Å². The molecule has 0 aromatic heterocycles. The number of hydrogen-bond donors (Lipinski definition) is 1. The molecule has 0 unspecified atom stereocenters. The van der Waals surface area contributed by atoms with Crippen molar-refractivity contribution in [1.29, 1.82) is 10.5 Å². The molecule has 0 spiro atoms. The van der Waals surface area contributed by atoms with Gasteiger partial charge in [0.15, 0.2) is 0 Å². The van der Waals surface area contributed by atoms with Gasteiger partial charge in [0.05, 0.1) is 30.4 Å². The maximum atomic E-state index is 8.93. The Labute approximate surface area is 117 Å². The molecule has 98 valence electrons. The molecule has 0 atom stereocenters. The lowest BCUT2D eigenvalue weighted by atomic mass is 10.1. The predicted molar refractivity (Wildman–Crippen MR) is 76.2 cm³/mol. The highest BCUT2D eigenvalue weighted by molar-refractivity contribution is 5.49. The van der Waals surface area contributed by atoms with E-state index in [1.54, 1.807) is 37.4 Å². The molecule has 4 heteroatoms. The highest BCUT2D eigenvalue weighted by atomic mass is 16.5. The summed E-state index contributed by atoms with van der Waals surface area (Å²) >= 11 is 0. The topological polar surface area (TPSA) is 68.8 Å². The zero-order valence-electron chi connectivity index (χ0n) is 11.1. The number of nitrogens with one attached hydrogen (secondary N) is 1. The smallest absolute Gasteiger partial charge is 0.123 e. The van der Waals surface area contributed by atoms with Crippen LogP contribution in [0.25, 0.3) is 0 Å². The Morgan fingerprint density at radius 2 is 1.65 bits per heavy atom. The maximum Gasteiger partial charge on any atom is 0.123 e. The van der Waals surface area contributed by atoms with Crippen LogP contribution >= 0.6 is 0 Å². The van der Waals surface area contributed by atoms with Crippen molar-refractivity contribution in [2.24, 2.45) is 0 Å². The zero-order chi connectivity index (χ0) is 14.4. The molecule has 1 N–H and O–H groups in total. The zero-order valence-corrected chi connectivity index (χ0v) is 11.1. The predicted octanol–water partition coefficient (Wildman–Crippen LogP) is 3.05. The quantitative estimate of drug-likeness (QED) is 0.920. The van der Waals surface area contributed by atoms with E-state index in [0.29, 0.717) is 17.7 Å². The average molecular weight is 263 g/mol. The number of anilines is 1. The van der Waals surface area contributed by atoms with E-state index >= 15 is 0 Å². The lowest BCUT2D eigenvalue weighted by Gasteiger charge is -2.11. The summed E-state index contributed by atoms with van der Waals surface area (Å²) in [5.41, 5.74) is 3.05. The van der Waals surface area contributed by atoms with Crippen molar-refractivity contribution in [2.45, 2.75) is 6.54 Å². The van der Waals surface area contributed by atoms with Crippen LogP contribution in [0.15, 0.2) is 42.5 Å². The molecule has 0 fully saturated rings. The summed E-state index contributed by atoms with van der Waals surface area (Å²) in [5.74, 6) is 0.741. The third kappa shape index (κ3) is 3.07. The first-order valence-corrected chi connectivity index (χ1v) is 6.08. The van der Waals surface area contributed by atoms with Crippen LogP contribution in [0.2, 0.25) is 0 Å². The normalized spacial score (nSPS) is 9.35. The minimum atomic E-state index is 0.546. The largest absolute Gasteiger partial charge is 0.496 e. The summed E-state index contributed by atoms with van der Waals surface area (Å²) in [5, 5.41) is 20.9. The fourth-order valence-electron chi connectivity index (χ4n) is 1.85. The van der Waals surface area contributed by atoms with Crippen LogP contribution in [-0.4, -0.2) is 7.11 Å². The molecule has 0 saturated heterocycles.